The van der Waals surface area contributed by atoms with Crippen LogP contribution in [0.5, 0.6) is 0 Å². The number of piperazine rings is 1. The highest BCUT2D eigenvalue weighted by molar-refractivity contribution is 7.89. The number of sulfonamides is 1. The van der Waals surface area contributed by atoms with E-state index in [-0.39, 0.29) is 30.8 Å². The average molecular weight is 517 g/mol. The van der Waals surface area contributed by atoms with Crippen molar-refractivity contribution in [3.8, 4) is 0 Å². The summed E-state index contributed by atoms with van der Waals surface area (Å²) in [6.07, 6.45) is 3.81. The lowest BCUT2D eigenvalue weighted by Crippen LogP contribution is -2.60. The van der Waals surface area contributed by atoms with Crippen molar-refractivity contribution in [3.05, 3.63) is 34.3 Å². The third-order valence-electron chi connectivity index (χ3n) is 7.84. The summed E-state index contributed by atoms with van der Waals surface area (Å²) in [5.74, 6) is -2.07. The SMILES string of the molecule is CCCS(=O)(=O)N1CCN(C2(CCC(=O)c3ccc(C4CC4)cc3Cl)CCC(F)(F)CC2)CC1. The molecule has 190 valence electrons. The van der Waals surface area contributed by atoms with Crippen LogP contribution in [0.3, 0.4) is 0 Å². The Bertz CT molecular complexity index is 995. The fourth-order valence-electron chi connectivity index (χ4n) is 5.54. The topological polar surface area (TPSA) is 57.7 Å². The van der Waals surface area contributed by atoms with Crippen LogP contribution in [0.25, 0.3) is 0 Å². The molecule has 1 heterocycles. The van der Waals surface area contributed by atoms with Crippen LogP contribution < -0.4 is 0 Å². The number of hydrogen-bond acceptors (Lipinski definition) is 4. The van der Waals surface area contributed by atoms with Gasteiger partial charge in [0.1, 0.15) is 0 Å². The molecule has 0 spiro atoms. The minimum absolute atomic E-state index is 0.0618. The molecule has 1 aromatic carbocycles. The van der Waals surface area contributed by atoms with Gasteiger partial charge in [0.2, 0.25) is 15.9 Å². The van der Waals surface area contributed by atoms with E-state index >= 15 is 0 Å². The Labute approximate surface area is 206 Å². The van der Waals surface area contributed by atoms with Gasteiger partial charge in [-0.05, 0) is 62.1 Å². The molecule has 0 unspecified atom stereocenters. The molecule has 4 rings (SSSR count). The molecule has 0 N–H and O–H groups in total. The smallest absolute Gasteiger partial charge is 0.248 e. The summed E-state index contributed by atoms with van der Waals surface area (Å²) in [6, 6.07) is 5.67. The first-order chi connectivity index (χ1) is 16.1. The molecule has 3 aliphatic rings. The lowest BCUT2D eigenvalue weighted by molar-refractivity contribution is -0.0891. The standard InChI is InChI=1S/C25H35ClF2N2O3S/c1-2-17-34(32,33)30-15-13-29(14-16-30)24(9-11-25(27,28)12-10-24)8-7-23(31)21-6-5-20(18-22(21)26)19-3-4-19/h5-6,18-19H,2-4,7-17H2,1H3. The Morgan fingerprint density at radius 2 is 1.74 bits per heavy atom. The molecule has 9 heteroatoms. The van der Waals surface area contributed by atoms with E-state index in [4.69, 9.17) is 11.6 Å². The molecule has 2 aliphatic carbocycles. The molecule has 2 saturated carbocycles. The third kappa shape index (κ3) is 5.82. The number of halogens is 3. The first kappa shape index (κ1) is 26.0. The summed E-state index contributed by atoms with van der Waals surface area (Å²) in [5.41, 5.74) is 1.15. The van der Waals surface area contributed by atoms with Gasteiger partial charge in [0, 0.05) is 56.5 Å². The van der Waals surface area contributed by atoms with E-state index in [2.05, 4.69) is 4.90 Å². The molecule has 1 aromatic rings. The summed E-state index contributed by atoms with van der Waals surface area (Å²) in [4.78, 5) is 15.2. The van der Waals surface area contributed by atoms with Gasteiger partial charge in [-0.3, -0.25) is 9.69 Å². The minimum atomic E-state index is -3.28. The van der Waals surface area contributed by atoms with Crippen molar-refractivity contribution < 1.29 is 22.0 Å². The van der Waals surface area contributed by atoms with Crippen LogP contribution in [0.4, 0.5) is 8.78 Å². The molecule has 34 heavy (non-hydrogen) atoms. The lowest BCUT2D eigenvalue weighted by Gasteiger charge is -2.51. The maximum atomic E-state index is 14.1. The highest BCUT2D eigenvalue weighted by Gasteiger charge is 2.47. The lowest BCUT2D eigenvalue weighted by atomic mass is 9.74. The number of carbonyl (C=O) groups excluding carboxylic acids is 1. The summed E-state index contributed by atoms with van der Waals surface area (Å²) in [6.45, 7) is 3.57. The second-order valence-corrected chi connectivity index (χ2v) is 12.7. The van der Waals surface area contributed by atoms with Gasteiger partial charge in [0.05, 0.1) is 10.8 Å². The van der Waals surface area contributed by atoms with E-state index < -0.39 is 21.5 Å². The van der Waals surface area contributed by atoms with Gasteiger partial charge >= 0.3 is 0 Å². The van der Waals surface area contributed by atoms with Crippen LogP contribution >= 0.6 is 11.6 Å². The molecule has 3 fully saturated rings. The van der Waals surface area contributed by atoms with Crippen molar-refractivity contribution >= 4 is 27.4 Å². The van der Waals surface area contributed by atoms with Gasteiger partial charge in [-0.15, -0.1) is 0 Å². The monoisotopic (exact) mass is 516 g/mol. The molecule has 0 atom stereocenters. The van der Waals surface area contributed by atoms with Crippen LogP contribution in [-0.4, -0.2) is 66.8 Å². The molecule has 0 radical (unpaired) electrons. The van der Waals surface area contributed by atoms with Gasteiger partial charge in [0.25, 0.3) is 0 Å². The van der Waals surface area contributed by atoms with Crippen molar-refractivity contribution in [1.29, 1.82) is 0 Å². The Morgan fingerprint density at radius 3 is 2.29 bits per heavy atom. The zero-order chi connectivity index (χ0) is 24.6. The Kier molecular flexibility index (Phi) is 7.73. The van der Waals surface area contributed by atoms with E-state index in [0.717, 1.165) is 12.8 Å². The van der Waals surface area contributed by atoms with E-state index in [9.17, 15) is 22.0 Å². The molecule has 0 bridgehead atoms. The third-order valence-corrected chi connectivity index (χ3v) is 10.2. The van der Waals surface area contributed by atoms with Crippen molar-refractivity contribution in [2.45, 2.75) is 82.1 Å². The van der Waals surface area contributed by atoms with E-state index in [1.807, 2.05) is 19.1 Å². The molecule has 0 aromatic heterocycles. The number of rotatable bonds is 9. The zero-order valence-corrected chi connectivity index (χ0v) is 21.4. The van der Waals surface area contributed by atoms with E-state index in [1.54, 1.807) is 6.07 Å². The number of nitrogens with zero attached hydrogens (tertiary/aromatic N) is 2. The molecule has 1 aliphatic heterocycles. The second kappa shape index (κ2) is 10.1. The van der Waals surface area contributed by atoms with Crippen LogP contribution in [0.15, 0.2) is 18.2 Å². The minimum Gasteiger partial charge on any atom is -0.295 e. The molecule has 1 saturated heterocycles. The van der Waals surface area contributed by atoms with Crippen LogP contribution in [-0.2, 0) is 10.0 Å². The van der Waals surface area contributed by atoms with Crippen molar-refractivity contribution in [3.63, 3.8) is 0 Å². The van der Waals surface area contributed by atoms with Gasteiger partial charge in [0.15, 0.2) is 5.78 Å². The number of alkyl halides is 2. The Hall–Kier alpha value is -1.09. The fourth-order valence-corrected chi connectivity index (χ4v) is 7.33. The van der Waals surface area contributed by atoms with Crippen molar-refractivity contribution in [2.75, 3.05) is 31.9 Å². The zero-order valence-electron chi connectivity index (χ0n) is 19.9. The quantitative estimate of drug-likeness (QED) is 0.407. The highest BCUT2D eigenvalue weighted by Crippen LogP contribution is 2.45. The normalized spacial score (nSPS) is 23.6. The number of ketones is 1. The predicted octanol–water partition coefficient (Wildman–Crippen LogP) is 5.49. The van der Waals surface area contributed by atoms with Crippen molar-refractivity contribution in [1.82, 2.24) is 9.21 Å². The molecule has 5 nitrogen and oxygen atoms in total. The predicted molar refractivity (Wildman–Crippen MR) is 130 cm³/mol. The van der Waals surface area contributed by atoms with Crippen LogP contribution in [0, 0.1) is 0 Å². The number of hydrogen-bond donors (Lipinski definition) is 0. The van der Waals surface area contributed by atoms with Gasteiger partial charge in [-0.2, -0.15) is 4.31 Å². The van der Waals surface area contributed by atoms with Gasteiger partial charge in [-0.1, -0.05) is 24.6 Å². The fraction of sp³-hybridized carbons (Fsp3) is 0.720. The number of carbonyl (C=O) groups is 1. The van der Waals surface area contributed by atoms with Gasteiger partial charge in [-0.25, -0.2) is 17.2 Å². The maximum Gasteiger partial charge on any atom is 0.248 e. The molecular formula is C25H35ClF2N2O3S. The maximum absolute atomic E-state index is 14.1. The first-order valence-electron chi connectivity index (χ1n) is 12.5. The van der Waals surface area contributed by atoms with Gasteiger partial charge < -0.3 is 0 Å². The molecular weight excluding hydrogens is 482 g/mol. The highest BCUT2D eigenvalue weighted by atomic mass is 35.5. The Morgan fingerprint density at radius 1 is 1.09 bits per heavy atom. The van der Waals surface area contributed by atoms with E-state index in [0.29, 0.717) is 68.4 Å². The largest absolute Gasteiger partial charge is 0.295 e. The first-order valence-corrected chi connectivity index (χ1v) is 14.5. The Balaban J connectivity index is 1.44. The van der Waals surface area contributed by atoms with Crippen molar-refractivity contribution in [2.24, 2.45) is 0 Å². The number of Topliss-reactive ketones (excluding diaryl/α,β-unsaturated/α-hetero) is 1. The van der Waals surface area contributed by atoms with Crippen LogP contribution in [0.1, 0.15) is 86.6 Å². The van der Waals surface area contributed by atoms with E-state index in [1.165, 1.54) is 9.87 Å². The van der Waals surface area contributed by atoms with Crippen LogP contribution in [0.2, 0.25) is 5.02 Å². The second-order valence-electron chi connectivity index (χ2n) is 10.2. The summed E-state index contributed by atoms with van der Waals surface area (Å²) < 4.78 is 54.5. The number of benzene rings is 1. The molecule has 0 amide bonds. The summed E-state index contributed by atoms with van der Waals surface area (Å²) >= 11 is 6.43. The summed E-state index contributed by atoms with van der Waals surface area (Å²) in [5, 5.41) is 0.466. The summed E-state index contributed by atoms with van der Waals surface area (Å²) in [7, 11) is -3.28. The average Bonchev–Trinajstić information content (AvgIpc) is 3.64.